The van der Waals surface area contributed by atoms with E-state index in [1.807, 2.05) is 23.6 Å². The fraction of sp³-hybridized carbons (Fsp3) is 0.143. The summed E-state index contributed by atoms with van der Waals surface area (Å²) in [5.74, 6) is 0.574. The van der Waals surface area contributed by atoms with Crippen LogP contribution in [0.1, 0.15) is 4.88 Å². The Balaban J connectivity index is 1.85. The molecule has 0 unspecified atom stereocenters. The molecule has 22 heavy (non-hydrogen) atoms. The van der Waals surface area contributed by atoms with Crippen LogP contribution < -0.4 is 0 Å². The Bertz CT molecular complexity index is 842. The zero-order valence-corrected chi connectivity index (χ0v) is 13.5. The highest BCUT2D eigenvalue weighted by Gasteiger charge is 2.23. The van der Waals surface area contributed by atoms with E-state index in [4.69, 9.17) is 0 Å². The normalized spacial score (nSPS) is 11.9. The van der Waals surface area contributed by atoms with Crippen LogP contribution in [-0.2, 0) is 16.6 Å². The van der Waals surface area contributed by atoms with Gasteiger partial charge in [0, 0.05) is 24.7 Å². The lowest BCUT2D eigenvalue weighted by molar-refractivity contribution is 0.469. The molecule has 0 radical (unpaired) electrons. The maximum Gasteiger partial charge on any atom is 0.246 e. The molecule has 0 amide bonds. The number of nitrogens with zero attached hydrogens (tertiary/aromatic N) is 4. The van der Waals surface area contributed by atoms with E-state index in [1.54, 1.807) is 25.4 Å². The summed E-state index contributed by atoms with van der Waals surface area (Å²) in [6.45, 7) is 0.342. The van der Waals surface area contributed by atoms with Crippen LogP contribution in [0.25, 0.3) is 5.82 Å². The van der Waals surface area contributed by atoms with Gasteiger partial charge < -0.3 is 0 Å². The predicted molar refractivity (Wildman–Crippen MR) is 84.3 cm³/mol. The molecule has 3 aromatic rings. The summed E-state index contributed by atoms with van der Waals surface area (Å²) in [7, 11) is -2.01. The van der Waals surface area contributed by atoms with Crippen LogP contribution in [0.2, 0.25) is 0 Å². The summed E-state index contributed by atoms with van der Waals surface area (Å²) < 4.78 is 27.9. The van der Waals surface area contributed by atoms with Gasteiger partial charge >= 0.3 is 0 Å². The van der Waals surface area contributed by atoms with Crippen LogP contribution in [-0.4, -0.2) is 34.5 Å². The molecule has 3 aromatic heterocycles. The molecule has 0 saturated heterocycles. The Morgan fingerprint density at radius 3 is 2.82 bits per heavy atom. The molecule has 0 spiro atoms. The van der Waals surface area contributed by atoms with Crippen molar-refractivity contribution in [1.29, 1.82) is 0 Å². The van der Waals surface area contributed by atoms with Gasteiger partial charge in [-0.25, -0.2) is 18.1 Å². The van der Waals surface area contributed by atoms with Gasteiger partial charge in [0.15, 0.2) is 5.82 Å². The second kappa shape index (κ2) is 5.99. The maximum atomic E-state index is 12.6. The van der Waals surface area contributed by atoms with E-state index in [9.17, 15) is 8.42 Å². The molecule has 3 heterocycles. The summed E-state index contributed by atoms with van der Waals surface area (Å²) in [5.41, 5.74) is 0. The minimum Gasteiger partial charge on any atom is -0.237 e. The summed E-state index contributed by atoms with van der Waals surface area (Å²) in [6.07, 6.45) is 4.45. The average Bonchev–Trinajstić information content (AvgIpc) is 3.19. The van der Waals surface area contributed by atoms with Crippen molar-refractivity contribution >= 4 is 21.4 Å². The lowest BCUT2D eigenvalue weighted by Crippen LogP contribution is -2.25. The molecule has 0 fully saturated rings. The molecular formula is C14H14N4O2S2. The first-order valence-corrected chi connectivity index (χ1v) is 8.84. The van der Waals surface area contributed by atoms with Crippen molar-refractivity contribution in [2.45, 2.75) is 11.4 Å². The number of sulfonamides is 1. The van der Waals surface area contributed by atoms with Gasteiger partial charge in [0.05, 0.1) is 12.4 Å². The first-order chi connectivity index (χ1) is 10.6. The van der Waals surface area contributed by atoms with Crippen LogP contribution in [0.4, 0.5) is 0 Å². The Kier molecular flexibility index (Phi) is 4.06. The highest BCUT2D eigenvalue weighted by molar-refractivity contribution is 7.89. The number of pyridine rings is 1. The summed E-state index contributed by atoms with van der Waals surface area (Å²) in [6, 6.07) is 9.19. The third-order valence-corrected chi connectivity index (χ3v) is 5.73. The molecule has 0 aliphatic carbocycles. The molecule has 6 nitrogen and oxygen atoms in total. The molecule has 0 atom stereocenters. The zero-order valence-electron chi connectivity index (χ0n) is 11.8. The summed E-state index contributed by atoms with van der Waals surface area (Å²) in [5, 5.41) is 6.01. The zero-order chi connectivity index (χ0) is 15.6. The summed E-state index contributed by atoms with van der Waals surface area (Å²) >= 11 is 1.53. The van der Waals surface area contributed by atoms with Crippen LogP contribution in [0.15, 0.2) is 59.2 Å². The third-order valence-electron chi connectivity index (χ3n) is 3.11. The molecule has 0 aliphatic rings. The average molecular weight is 334 g/mol. The molecular weight excluding hydrogens is 320 g/mol. The Hall–Kier alpha value is -2.03. The van der Waals surface area contributed by atoms with Crippen molar-refractivity contribution in [2.24, 2.45) is 0 Å². The molecule has 0 aromatic carbocycles. The number of thiophene rings is 1. The fourth-order valence-electron chi connectivity index (χ4n) is 1.94. The Morgan fingerprint density at radius 1 is 1.27 bits per heavy atom. The van der Waals surface area contributed by atoms with Crippen molar-refractivity contribution in [3.05, 3.63) is 59.2 Å². The van der Waals surface area contributed by atoms with Crippen molar-refractivity contribution in [3.63, 3.8) is 0 Å². The molecule has 114 valence electrons. The molecule has 8 heteroatoms. The second-order valence-corrected chi connectivity index (χ2v) is 7.73. The van der Waals surface area contributed by atoms with Gasteiger partial charge in [-0.15, -0.1) is 11.3 Å². The molecule has 0 N–H and O–H groups in total. The van der Waals surface area contributed by atoms with Gasteiger partial charge in [0.1, 0.15) is 4.90 Å². The maximum absolute atomic E-state index is 12.6. The number of rotatable bonds is 5. The van der Waals surface area contributed by atoms with Gasteiger partial charge in [-0.1, -0.05) is 12.1 Å². The van der Waals surface area contributed by atoms with Crippen LogP contribution in [0.5, 0.6) is 0 Å². The highest BCUT2D eigenvalue weighted by atomic mass is 32.2. The van der Waals surface area contributed by atoms with Gasteiger partial charge in [0.25, 0.3) is 0 Å². The largest absolute Gasteiger partial charge is 0.246 e. The Labute approximate surface area is 132 Å². The minimum absolute atomic E-state index is 0.150. The van der Waals surface area contributed by atoms with Gasteiger partial charge in [-0.3, -0.25) is 0 Å². The molecule has 0 bridgehead atoms. The van der Waals surface area contributed by atoms with Crippen molar-refractivity contribution in [1.82, 2.24) is 19.1 Å². The van der Waals surface area contributed by atoms with E-state index < -0.39 is 10.0 Å². The molecule has 0 saturated carbocycles. The smallest absolute Gasteiger partial charge is 0.237 e. The van der Waals surface area contributed by atoms with E-state index in [0.717, 1.165) is 4.88 Å². The van der Waals surface area contributed by atoms with Gasteiger partial charge in [-0.2, -0.15) is 9.40 Å². The van der Waals surface area contributed by atoms with Gasteiger partial charge in [0.2, 0.25) is 10.0 Å². The van der Waals surface area contributed by atoms with Crippen LogP contribution in [0, 0.1) is 0 Å². The topological polar surface area (TPSA) is 68.1 Å². The number of hydrogen-bond donors (Lipinski definition) is 0. The lowest BCUT2D eigenvalue weighted by atomic mass is 10.5. The molecule has 3 rings (SSSR count). The van der Waals surface area contributed by atoms with Crippen LogP contribution in [0.3, 0.4) is 0 Å². The van der Waals surface area contributed by atoms with Crippen molar-refractivity contribution < 1.29 is 8.42 Å². The Morgan fingerprint density at radius 2 is 2.14 bits per heavy atom. The van der Waals surface area contributed by atoms with E-state index >= 15 is 0 Å². The second-order valence-electron chi connectivity index (χ2n) is 4.65. The lowest BCUT2D eigenvalue weighted by Gasteiger charge is -2.14. The standard InChI is InChI=1S/C14H14N4O2S2/c1-17(10-12-5-4-8-21-12)22(19,20)13-9-16-18(11-13)14-6-2-3-7-15-14/h2-9,11H,10H2,1H3. The quantitative estimate of drug-likeness (QED) is 0.717. The minimum atomic E-state index is -3.57. The van der Waals surface area contributed by atoms with E-state index in [1.165, 1.54) is 32.7 Å². The van der Waals surface area contributed by atoms with E-state index in [-0.39, 0.29) is 4.90 Å². The first-order valence-electron chi connectivity index (χ1n) is 6.52. The SMILES string of the molecule is CN(Cc1cccs1)S(=O)(=O)c1cnn(-c2ccccn2)c1. The number of aromatic nitrogens is 3. The monoisotopic (exact) mass is 334 g/mol. The summed E-state index contributed by atoms with van der Waals surface area (Å²) in [4.78, 5) is 5.28. The number of hydrogen-bond acceptors (Lipinski definition) is 5. The highest BCUT2D eigenvalue weighted by Crippen LogP contribution is 2.19. The van der Waals surface area contributed by atoms with Gasteiger partial charge in [-0.05, 0) is 23.6 Å². The van der Waals surface area contributed by atoms with Crippen molar-refractivity contribution in [2.75, 3.05) is 7.05 Å². The third kappa shape index (κ3) is 2.94. The first kappa shape index (κ1) is 14.9. The fourth-order valence-corrected chi connectivity index (χ4v) is 3.86. The molecule has 0 aliphatic heterocycles. The predicted octanol–water partition coefficient (Wildman–Crippen LogP) is 2.15. The van der Waals surface area contributed by atoms with Crippen LogP contribution >= 0.6 is 11.3 Å². The van der Waals surface area contributed by atoms with E-state index in [0.29, 0.717) is 12.4 Å². The van der Waals surface area contributed by atoms with E-state index in [2.05, 4.69) is 10.1 Å². The van der Waals surface area contributed by atoms with Crippen molar-refractivity contribution in [3.8, 4) is 5.82 Å².